The lowest BCUT2D eigenvalue weighted by Crippen LogP contribution is -2.13. The van der Waals surface area contributed by atoms with Crippen molar-refractivity contribution < 1.29 is 46.9 Å². The largest absolute Gasteiger partial charge is 0.423 e. The van der Waals surface area contributed by atoms with Crippen LogP contribution in [0, 0.1) is 0 Å². The summed E-state index contributed by atoms with van der Waals surface area (Å²) in [6, 6.07) is 8.82. The van der Waals surface area contributed by atoms with Crippen LogP contribution in [0.4, 0.5) is 8.78 Å². The molecule has 222 valence electrons. The SMILES string of the molecule is C=C(C)C(=O)Oc1cc(OC(=O)C(=C)C)c2c(-c3ccc(C(F)F)cc3)c(OC(=O)C(=C)C)cc(OC(=O)C(=C)C)c2c1. The highest BCUT2D eigenvalue weighted by Crippen LogP contribution is 2.48. The van der Waals surface area contributed by atoms with Gasteiger partial charge in [0.25, 0.3) is 6.43 Å². The number of esters is 4. The Kier molecular flexibility index (Phi) is 9.77. The number of fused-ring (bicyclic) bond motifs is 1. The first-order valence-corrected chi connectivity index (χ1v) is 12.6. The van der Waals surface area contributed by atoms with Crippen LogP contribution in [0.25, 0.3) is 21.9 Å². The Bertz CT molecular complexity index is 1720. The molecule has 0 aliphatic heterocycles. The molecule has 3 rings (SSSR count). The molecule has 3 aromatic carbocycles. The summed E-state index contributed by atoms with van der Waals surface area (Å²) in [4.78, 5) is 50.5. The van der Waals surface area contributed by atoms with E-state index in [4.69, 9.17) is 18.9 Å². The molecule has 0 atom stereocenters. The quantitative estimate of drug-likeness (QED) is 0.137. The van der Waals surface area contributed by atoms with E-state index in [0.717, 1.165) is 0 Å². The van der Waals surface area contributed by atoms with Crippen molar-refractivity contribution in [2.24, 2.45) is 0 Å². The maximum absolute atomic E-state index is 13.4. The van der Waals surface area contributed by atoms with Gasteiger partial charge in [0, 0.05) is 56.3 Å². The van der Waals surface area contributed by atoms with Gasteiger partial charge in [-0.1, -0.05) is 50.6 Å². The van der Waals surface area contributed by atoms with Crippen LogP contribution in [0.3, 0.4) is 0 Å². The van der Waals surface area contributed by atoms with Crippen LogP contribution in [0.1, 0.15) is 39.7 Å². The minimum absolute atomic E-state index is 0.0131. The van der Waals surface area contributed by atoms with E-state index in [-0.39, 0.29) is 72.8 Å². The molecule has 0 radical (unpaired) electrons. The molecule has 0 unspecified atom stereocenters. The molecule has 0 aliphatic rings. The molecule has 10 heteroatoms. The summed E-state index contributed by atoms with van der Waals surface area (Å²) in [5.41, 5.74) is 0.215. The zero-order valence-corrected chi connectivity index (χ0v) is 24.0. The minimum atomic E-state index is -2.76. The zero-order valence-electron chi connectivity index (χ0n) is 24.0. The Morgan fingerprint density at radius 1 is 0.605 bits per heavy atom. The monoisotopic (exact) mass is 590 g/mol. The number of carbonyl (C=O) groups is 4. The van der Waals surface area contributed by atoms with Crippen molar-refractivity contribution in [1.82, 2.24) is 0 Å². The van der Waals surface area contributed by atoms with Gasteiger partial charge in [0.1, 0.15) is 23.0 Å². The van der Waals surface area contributed by atoms with Crippen LogP contribution < -0.4 is 18.9 Å². The van der Waals surface area contributed by atoms with Gasteiger partial charge in [-0.15, -0.1) is 0 Å². The molecule has 0 amide bonds. The third kappa shape index (κ3) is 7.48. The van der Waals surface area contributed by atoms with Gasteiger partial charge in [-0.05, 0) is 39.3 Å². The van der Waals surface area contributed by atoms with Crippen LogP contribution in [0.2, 0.25) is 0 Å². The zero-order chi connectivity index (χ0) is 32.2. The van der Waals surface area contributed by atoms with Crippen molar-refractivity contribution in [1.29, 1.82) is 0 Å². The standard InChI is InChI=1S/C33H28F2O8/c1-16(2)30(36)40-22-13-23-24(41-31(37)17(3)4)15-26(43-33(39)19(7)8)27(20-9-11-21(12-10-20)29(34)35)28(23)25(14-22)42-32(38)18(5)6/h9-15,29H,1,3,5,7H2,2,4,6,8H3. The second-order valence-electron chi connectivity index (χ2n) is 9.69. The topological polar surface area (TPSA) is 105 Å². The fourth-order valence-electron chi connectivity index (χ4n) is 3.58. The third-order valence-corrected chi connectivity index (χ3v) is 5.76. The minimum Gasteiger partial charge on any atom is -0.423 e. The molecular formula is C33H28F2O8. The van der Waals surface area contributed by atoms with Gasteiger partial charge in [0.05, 0.1) is 0 Å². The van der Waals surface area contributed by atoms with Gasteiger partial charge < -0.3 is 18.9 Å². The fourth-order valence-corrected chi connectivity index (χ4v) is 3.58. The lowest BCUT2D eigenvalue weighted by molar-refractivity contribution is -0.131. The summed E-state index contributed by atoms with van der Waals surface area (Å²) in [5, 5.41) is 0.111. The normalized spacial score (nSPS) is 10.6. The Hall–Kier alpha value is -5.38. The molecule has 43 heavy (non-hydrogen) atoms. The predicted octanol–water partition coefficient (Wildman–Crippen LogP) is 7.37. The summed E-state index contributed by atoms with van der Waals surface area (Å²) in [6.45, 7) is 19.9. The first kappa shape index (κ1) is 32.1. The van der Waals surface area contributed by atoms with E-state index in [0.29, 0.717) is 0 Å². The van der Waals surface area contributed by atoms with Gasteiger partial charge in [-0.3, -0.25) is 0 Å². The van der Waals surface area contributed by atoms with Crippen molar-refractivity contribution >= 4 is 34.6 Å². The van der Waals surface area contributed by atoms with Crippen molar-refractivity contribution in [3.63, 3.8) is 0 Å². The Labute approximate surface area is 246 Å². The van der Waals surface area contributed by atoms with Crippen molar-refractivity contribution in [3.05, 3.63) is 96.6 Å². The van der Waals surface area contributed by atoms with Crippen LogP contribution in [-0.2, 0) is 19.2 Å². The van der Waals surface area contributed by atoms with Gasteiger partial charge in [0.15, 0.2) is 0 Å². The first-order valence-electron chi connectivity index (χ1n) is 12.6. The van der Waals surface area contributed by atoms with E-state index in [1.54, 1.807) is 0 Å². The number of carbonyl (C=O) groups excluding carboxylic acids is 4. The maximum Gasteiger partial charge on any atom is 0.338 e. The van der Waals surface area contributed by atoms with E-state index in [1.807, 2.05) is 0 Å². The van der Waals surface area contributed by atoms with Crippen LogP contribution in [-0.4, -0.2) is 23.9 Å². The summed E-state index contributed by atoms with van der Waals surface area (Å²) >= 11 is 0. The van der Waals surface area contributed by atoms with Crippen LogP contribution >= 0.6 is 0 Å². The Morgan fingerprint density at radius 3 is 1.51 bits per heavy atom. The highest BCUT2D eigenvalue weighted by atomic mass is 19.3. The molecule has 0 N–H and O–H groups in total. The lowest BCUT2D eigenvalue weighted by atomic mass is 9.94. The van der Waals surface area contributed by atoms with E-state index in [1.165, 1.54) is 70.2 Å². The van der Waals surface area contributed by atoms with Gasteiger partial charge >= 0.3 is 23.9 Å². The fraction of sp³-hybridized carbons (Fsp3) is 0.152. The smallest absolute Gasteiger partial charge is 0.338 e. The molecule has 0 bridgehead atoms. The molecular weight excluding hydrogens is 562 g/mol. The average Bonchev–Trinajstić information content (AvgIpc) is 2.93. The number of alkyl halides is 2. The van der Waals surface area contributed by atoms with Gasteiger partial charge in [-0.25, -0.2) is 28.0 Å². The predicted molar refractivity (Wildman–Crippen MR) is 156 cm³/mol. The summed E-state index contributed by atoms with van der Waals surface area (Å²) in [6.07, 6.45) is -2.76. The molecule has 0 aliphatic carbocycles. The summed E-state index contributed by atoms with van der Waals surface area (Å²) < 4.78 is 48.9. The van der Waals surface area contributed by atoms with E-state index < -0.39 is 30.3 Å². The molecule has 0 fully saturated rings. The lowest BCUT2D eigenvalue weighted by Gasteiger charge is -2.20. The van der Waals surface area contributed by atoms with E-state index in [2.05, 4.69) is 26.3 Å². The molecule has 0 aromatic heterocycles. The van der Waals surface area contributed by atoms with Crippen molar-refractivity contribution in [2.75, 3.05) is 0 Å². The Balaban J connectivity index is 2.55. The number of hydrogen-bond acceptors (Lipinski definition) is 8. The van der Waals surface area contributed by atoms with E-state index >= 15 is 0 Å². The van der Waals surface area contributed by atoms with Gasteiger partial charge in [0.2, 0.25) is 0 Å². The second-order valence-corrected chi connectivity index (χ2v) is 9.69. The summed E-state index contributed by atoms with van der Waals surface area (Å²) in [7, 11) is 0. The van der Waals surface area contributed by atoms with Gasteiger partial charge in [-0.2, -0.15) is 0 Å². The average molecular weight is 591 g/mol. The van der Waals surface area contributed by atoms with Crippen molar-refractivity contribution in [3.8, 4) is 34.1 Å². The number of rotatable bonds is 10. The number of halogens is 2. The van der Waals surface area contributed by atoms with E-state index in [9.17, 15) is 28.0 Å². The molecule has 8 nitrogen and oxygen atoms in total. The molecule has 0 saturated carbocycles. The van der Waals surface area contributed by atoms with Crippen molar-refractivity contribution in [2.45, 2.75) is 34.1 Å². The summed E-state index contributed by atoms with van der Waals surface area (Å²) in [5.74, 6) is -4.09. The first-order chi connectivity index (χ1) is 20.1. The molecule has 0 spiro atoms. The Morgan fingerprint density at radius 2 is 1.05 bits per heavy atom. The highest BCUT2D eigenvalue weighted by Gasteiger charge is 2.26. The number of hydrogen-bond donors (Lipinski definition) is 0. The maximum atomic E-state index is 13.4. The van der Waals surface area contributed by atoms with Crippen LogP contribution in [0.5, 0.6) is 23.0 Å². The number of ether oxygens (including phenoxy) is 4. The highest BCUT2D eigenvalue weighted by molar-refractivity contribution is 6.10. The second kappa shape index (κ2) is 13.1. The molecule has 0 saturated heterocycles. The number of benzene rings is 3. The third-order valence-electron chi connectivity index (χ3n) is 5.76. The van der Waals surface area contributed by atoms with Crippen LogP contribution in [0.15, 0.2) is 91.1 Å². The molecule has 3 aromatic rings. The molecule has 0 heterocycles.